The van der Waals surface area contributed by atoms with Gasteiger partial charge in [0.15, 0.2) is 0 Å². The predicted molar refractivity (Wildman–Crippen MR) is 75.3 cm³/mol. The molecule has 0 aliphatic heterocycles. The Bertz CT molecular complexity index is 716. The number of fused-ring (bicyclic) bond motifs is 2. The second-order valence-corrected chi connectivity index (χ2v) is 5.03. The van der Waals surface area contributed by atoms with Gasteiger partial charge in [0.2, 0.25) is 0 Å². The molecule has 2 aromatic rings. The van der Waals surface area contributed by atoms with Gasteiger partial charge in [0.25, 0.3) is 0 Å². The number of benzene rings is 2. The topological polar surface area (TPSA) is 9.23 Å². The fourth-order valence-electron chi connectivity index (χ4n) is 3.40. The Morgan fingerprint density at radius 1 is 1.11 bits per heavy atom. The molecule has 4 rings (SSSR count). The van der Waals surface area contributed by atoms with Gasteiger partial charge in [-0.15, -0.1) is 0 Å². The first-order chi connectivity index (χ1) is 8.81. The molecule has 0 bridgehead atoms. The van der Waals surface area contributed by atoms with Crippen LogP contribution in [0, 0.1) is 0 Å². The van der Waals surface area contributed by atoms with Crippen molar-refractivity contribution < 1.29 is 4.74 Å². The molecule has 88 valence electrons. The molecular formula is C17H14O. The van der Waals surface area contributed by atoms with Crippen LogP contribution in [0.15, 0.2) is 48.6 Å². The minimum absolute atomic E-state index is 0.172. The van der Waals surface area contributed by atoms with E-state index in [-0.39, 0.29) is 6.10 Å². The van der Waals surface area contributed by atoms with E-state index in [1.165, 1.54) is 38.6 Å². The van der Waals surface area contributed by atoms with Gasteiger partial charge in [-0.2, -0.15) is 0 Å². The van der Waals surface area contributed by atoms with E-state index in [9.17, 15) is 0 Å². The van der Waals surface area contributed by atoms with Gasteiger partial charge in [0, 0.05) is 13.5 Å². The van der Waals surface area contributed by atoms with Gasteiger partial charge in [-0.05, 0) is 38.6 Å². The molecule has 0 N–H and O–H groups in total. The Labute approximate surface area is 106 Å². The zero-order valence-electron chi connectivity index (χ0n) is 10.4. The van der Waals surface area contributed by atoms with Crippen molar-refractivity contribution in [3.05, 3.63) is 59.7 Å². The van der Waals surface area contributed by atoms with Gasteiger partial charge in [-0.25, -0.2) is 0 Å². The van der Waals surface area contributed by atoms with Crippen molar-refractivity contribution in [3.63, 3.8) is 0 Å². The van der Waals surface area contributed by atoms with Crippen molar-refractivity contribution in [1.29, 1.82) is 0 Å². The molecule has 1 unspecified atom stereocenters. The van der Waals surface area contributed by atoms with Crippen LogP contribution in [0.2, 0.25) is 0 Å². The summed E-state index contributed by atoms with van der Waals surface area (Å²) in [5.74, 6) is 0. The van der Waals surface area contributed by atoms with Gasteiger partial charge in [0.05, 0.1) is 6.10 Å². The lowest BCUT2D eigenvalue weighted by Gasteiger charge is -2.13. The third-order valence-electron chi connectivity index (χ3n) is 4.13. The highest BCUT2D eigenvalue weighted by molar-refractivity contribution is 6.19. The van der Waals surface area contributed by atoms with Crippen LogP contribution in [0.3, 0.4) is 0 Å². The van der Waals surface area contributed by atoms with E-state index < -0.39 is 0 Å². The van der Waals surface area contributed by atoms with Crippen molar-refractivity contribution in [2.24, 2.45) is 0 Å². The largest absolute Gasteiger partial charge is 0.376 e. The highest BCUT2D eigenvalue weighted by Crippen LogP contribution is 2.52. The summed E-state index contributed by atoms with van der Waals surface area (Å²) in [6.07, 6.45) is 1.09. The summed E-state index contributed by atoms with van der Waals surface area (Å²) in [4.78, 5) is 0. The summed E-state index contributed by atoms with van der Waals surface area (Å²) in [6, 6.07) is 13.0. The summed E-state index contributed by atoms with van der Waals surface area (Å²) in [7, 11) is 1.79. The highest BCUT2D eigenvalue weighted by atomic mass is 16.5. The third kappa shape index (κ3) is 1.05. The summed E-state index contributed by atoms with van der Waals surface area (Å²) in [5.41, 5.74) is 6.55. The Morgan fingerprint density at radius 2 is 1.83 bits per heavy atom. The first-order valence-corrected chi connectivity index (χ1v) is 6.29. The summed E-state index contributed by atoms with van der Waals surface area (Å²) < 4.78 is 5.64. The van der Waals surface area contributed by atoms with Crippen LogP contribution in [-0.4, -0.2) is 13.2 Å². The number of hydrogen-bond acceptors (Lipinski definition) is 1. The normalized spacial score (nSPS) is 20.9. The summed E-state index contributed by atoms with van der Waals surface area (Å²) in [6.45, 7) is 4.23. The van der Waals surface area contributed by atoms with Crippen LogP contribution in [-0.2, 0) is 4.74 Å². The molecule has 2 aliphatic rings. The summed E-state index contributed by atoms with van der Waals surface area (Å²) >= 11 is 0. The minimum Gasteiger partial charge on any atom is -0.376 e. The van der Waals surface area contributed by atoms with Gasteiger partial charge >= 0.3 is 0 Å². The van der Waals surface area contributed by atoms with Crippen molar-refractivity contribution in [2.75, 3.05) is 7.11 Å². The van der Waals surface area contributed by atoms with Crippen molar-refractivity contribution in [2.45, 2.75) is 12.5 Å². The van der Waals surface area contributed by atoms with Crippen molar-refractivity contribution in [3.8, 4) is 0 Å². The molecule has 1 atom stereocenters. The quantitative estimate of drug-likeness (QED) is 0.723. The first kappa shape index (κ1) is 10.1. The highest BCUT2D eigenvalue weighted by Gasteiger charge is 2.35. The average Bonchev–Trinajstić information content (AvgIpc) is 2.90. The average molecular weight is 234 g/mol. The number of ether oxygens (including phenoxy) is 1. The van der Waals surface area contributed by atoms with E-state index in [1.807, 2.05) is 0 Å². The molecule has 0 aromatic heterocycles. The van der Waals surface area contributed by atoms with Crippen LogP contribution >= 0.6 is 0 Å². The molecule has 2 aromatic carbocycles. The Hall–Kier alpha value is -1.86. The van der Waals surface area contributed by atoms with Gasteiger partial charge < -0.3 is 4.74 Å². The maximum absolute atomic E-state index is 5.64. The number of methoxy groups -OCH3 is 1. The summed E-state index contributed by atoms with van der Waals surface area (Å²) in [5, 5.41) is 2.68. The zero-order valence-corrected chi connectivity index (χ0v) is 10.4. The predicted octanol–water partition coefficient (Wildman–Crippen LogP) is 4.04. The van der Waals surface area contributed by atoms with Crippen LogP contribution < -0.4 is 0 Å². The molecule has 0 radical (unpaired) electrons. The van der Waals surface area contributed by atoms with E-state index >= 15 is 0 Å². The Kier molecular flexibility index (Phi) is 1.87. The van der Waals surface area contributed by atoms with Crippen molar-refractivity contribution in [1.82, 2.24) is 0 Å². The molecule has 0 saturated heterocycles. The van der Waals surface area contributed by atoms with Gasteiger partial charge in [-0.1, -0.05) is 43.0 Å². The van der Waals surface area contributed by atoms with E-state index in [0.29, 0.717) is 0 Å². The Morgan fingerprint density at radius 3 is 2.56 bits per heavy atom. The molecule has 18 heavy (non-hydrogen) atoms. The Balaban J connectivity index is 2.13. The molecule has 0 heterocycles. The standard InChI is InChI=1S/C17H14O/c1-10-9-14(18-2)17-13-8-4-6-11-5-3-7-12(15(10)17)16(11)13/h3-8,14H,1,9H2,2H3. The van der Waals surface area contributed by atoms with E-state index in [2.05, 4.69) is 43.0 Å². The lowest BCUT2D eigenvalue weighted by atomic mass is 9.97. The van der Waals surface area contributed by atoms with Crippen LogP contribution in [0.4, 0.5) is 0 Å². The maximum Gasteiger partial charge on any atom is 0.0873 e. The minimum atomic E-state index is 0.172. The number of hydrogen-bond donors (Lipinski definition) is 0. The van der Waals surface area contributed by atoms with Crippen molar-refractivity contribution >= 4 is 21.9 Å². The lowest BCUT2D eigenvalue weighted by molar-refractivity contribution is 0.153. The second kappa shape index (κ2) is 3.33. The molecule has 0 amide bonds. The zero-order chi connectivity index (χ0) is 12.3. The number of allylic oxidation sites excluding steroid dienone is 1. The molecule has 0 fully saturated rings. The monoisotopic (exact) mass is 234 g/mol. The molecule has 2 aliphatic carbocycles. The molecular weight excluding hydrogens is 220 g/mol. The maximum atomic E-state index is 5.64. The first-order valence-electron chi connectivity index (χ1n) is 6.29. The van der Waals surface area contributed by atoms with E-state index in [0.717, 1.165) is 6.42 Å². The van der Waals surface area contributed by atoms with Gasteiger partial charge in [-0.3, -0.25) is 0 Å². The fraction of sp³-hybridized carbons (Fsp3) is 0.176. The lowest BCUT2D eigenvalue weighted by Crippen LogP contribution is -2.08. The smallest absolute Gasteiger partial charge is 0.0873 e. The molecule has 0 saturated carbocycles. The van der Waals surface area contributed by atoms with Crippen LogP contribution in [0.5, 0.6) is 0 Å². The molecule has 0 spiro atoms. The SMILES string of the molecule is C=C1CC(OC)C2=C1c1cccc3cccc2c13. The number of rotatable bonds is 1. The van der Waals surface area contributed by atoms with E-state index in [4.69, 9.17) is 4.74 Å². The third-order valence-corrected chi connectivity index (χ3v) is 4.13. The van der Waals surface area contributed by atoms with Crippen LogP contribution in [0.25, 0.3) is 21.9 Å². The molecule has 1 nitrogen and oxygen atoms in total. The van der Waals surface area contributed by atoms with Gasteiger partial charge in [0.1, 0.15) is 0 Å². The molecule has 1 heteroatoms. The van der Waals surface area contributed by atoms with E-state index in [1.54, 1.807) is 7.11 Å². The fourth-order valence-corrected chi connectivity index (χ4v) is 3.40. The second-order valence-electron chi connectivity index (χ2n) is 5.03. The van der Waals surface area contributed by atoms with Crippen LogP contribution in [0.1, 0.15) is 17.5 Å².